The van der Waals surface area contributed by atoms with Crippen LogP contribution in [0.25, 0.3) is 82.4 Å². The van der Waals surface area contributed by atoms with Crippen LogP contribution in [0.5, 0.6) is 0 Å². The van der Waals surface area contributed by atoms with Gasteiger partial charge < -0.3 is 4.57 Å². The predicted octanol–water partition coefficient (Wildman–Crippen LogP) is 14.2. The van der Waals surface area contributed by atoms with Gasteiger partial charge in [-0.2, -0.15) is 0 Å². The van der Waals surface area contributed by atoms with Crippen LogP contribution in [0.1, 0.15) is 5.56 Å². The van der Waals surface area contributed by atoms with E-state index in [9.17, 15) is 0 Å². The van der Waals surface area contributed by atoms with Crippen LogP contribution in [-0.2, 0) is 0 Å². The van der Waals surface area contributed by atoms with Crippen LogP contribution < -0.4 is 15.6 Å². The van der Waals surface area contributed by atoms with Gasteiger partial charge in [0, 0.05) is 22.0 Å². The first kappa shape index (κ1) is 39.1. The van der Waals surface area contributed by atoms with Crippen LogP contribution in [-0.4, -0.2) is 12.6 Å². The highest BCUT2D eigenvalue weighted by atomic mass is 28.3. The molecule has 0 saturated carbocycles. The smallest absolute Gasteiger partial charge is 0.230 e. The van der Waals surface area contributed by atoms with Gasteiger partial charge in [0.15, 0.2) is 0 Å². The number of rotatable bonds is 7. The van der Waals surface area contributed by atoms with Crippen LogP contribution >= 0.6 is 0 Å². The Morgan fingerprint density at radius 3 is 1.14 bits per heavy atom. The van der Waals surface area contributed by atoms with Crippen LogP contribution in [0.2, 0.25) is 0 Å². The van der Waals surface area contributed by atoms with Crippen molar-refractivity contribution in [1.29, 1.82) is 0 Å². The molecule has 2 heteroatoms. The van der Waals surface area contributed by atoms with E-state index in [1.807, 2.05) is 0 Å². The van der Waals surface area contributed by atoms with Crippen LogP contribution in [0.15, 0.2) is 261 Å². The van der Waals surface area contributed by atoms with Gasteiger partial charge in [-0.15, -0.1) is 5.54 Å². The molecule has 1 heterocycles. The second-order valence-electron chi connectivity index (χ2n) is 17.0. The molecule has 0 amide bonds. The molecule has 0 radical (unpaired) electrons. The minimum Gasteiger partial charge on any atom is -0.309 e. The molecule has 11 aromatic carbocycles. The molecule has 0 unspecified atom stereocenters. The van der Waals surface area contributed by atoms with E-state index >= 15 is 0 Å². The fraction of sp³-hybridized carbons (Fsp3) is 0. The molecule has 0 aliphatic heterocycles. The Morgan fingerprint density at radius 1 is 0.288 bits per heavy atom. The summed E-state index contributed by atoms with van der Waals surface area (Å²) in [6.45, 7) is 0. The summed E-state index contributed by atoms with van der Waals surface area (Å²) in [5, 5.41) is 11.0. The molecule has 0 saturated heterocycles. The van der Waals surface area contributed by atoms with Gasteiger partial charge in [-0.1, -0.05) is 230 Å². The van der Waals surface area contributed by atoms with E-state index in [1.54, 1.807) is 0 Å². The Hall–Kier alpha value is -8.48. The molecule has 12 aromatic rings. The zero-order chi connectivity index (χ0) is 43.9. The molecule has 1 aromatic heterocycles. The number of hydrogen-bond acceptors (Lipinski definition) is 0. The maximum absolute atomic E-state index is 4.12. The molecular weight excluding hydrogens is 811 g/mol. The number of fused-ring (bicyclic) bond motifs is 5. The lowest BCUT2D eigenvalue weighted by molar-refractivity contribution is 1.18. The van der Waals surface area contributed by atoms with E-state index < -0.39 is 8.07 Å². The van der Waals surface area contributed by atoms with Crippen molar-refractivity contribution in [1.82, 2.24) is 4.57 Å². The highest BCUT2D eigenvalue weighted by molar-refractivity contribution is 7.16. The maximum atomic E-state index is 4.12. The van der Waals surface area contributed by atoms with E-state index in [-0.39, 0.29) is 0 Å². The van der Waals surface area contributed by atoms with Gasteiger partial charge >= 0.3 is 0 Å². The molecule has 0 bridgehead atoms. The fourth-order valence-corrected chi connectivity index (χ4v) is 14.1. The third-order valence-corrected chi connectivity index (χ3v) is 17.4. The fourth-order valence-electron chi connectivity index (χ4n) is 10.2. The number of benzene rings is 11. The average Bonchev–Trinajstić information content (AvgIpc) is 3.73. The Bertz CT molecular complexity index is 3540. The third-order valence-electron chi connectivity index (χ3n) is 13.3. The van der Waals surface area contributed by atoms with Gasteiger partial charge in [0.2, 0.25) is 8.07 Å². The summed E-state index contributed by atoms with van der Waals surface area (Å²) in [5.41, 5.74) is 15.9. The van der Waals surface area contributed by atoms with Crippen molar-refractivity contribution in [3.8, 4) is 50.5 Å². The van der Waals surface area contributed by atoms with Crippen LogP contribution in [0, 0.1) is 11.5 Å². The summed E-state index contributed by atoms with van der Waals surface area (Å²) in [6.07, 6.45) is 0. The molecule has 12 rings (SSSR count). The normalized spacial score (nSPS) is 11.5. The van der Waals surface area contributed by atoms with Crippen LogP contribution in [0.4, 0.5) is 0 Å². The van der Waals surface area contributed by atoms with Crippen molar-refractivity contribution in [2.24, 2.45) is 0 Å². The standard InChI is InChI=1S/C64H43NSi/c1-6-21-46(22-7-1)48-37-39-62-60(44-48)61-45-49(47-23-8-2-9-24-47)38-40-63(61)65(62)51-26-20-25-50(43-51)64-58-35-18-16-33-55(58)57(56-34-17-19-36-59(56)64)41-42-66(52-27-10-3-11-28-52,53-29-12-4-13-30-53)54-31-14-5-15-32-54/h1-40,43-45H. The van der Waals surface area contributed by atoms with E-state index in [0.717, 1.165) is 27.6 Å². The first-order valence-electron chi connectivity index (χ1n) is 22.7. The number of aromatic nitrogens is 1. The van der Waals surface area contributed by atoms with E-state index in [0.29, 0.717) is 0 Å². The van der Waals surface area contributed by atoms with E-state index in [2.05, 4.69) is 277 Å². The van der Waals surface area contributed by atoms with Gasteiger partial charge in [-0.25, -0.2) is 0 Å². The average molecular weight is 854 g/mol. The Morgan fingerprint density at radius 2 is 0.682 bits per heavy atom. The zero-order valence-corrected chi connectivity index (χ0v) is 37.3. The molecule has 0 N–H and O–H groups in total. The highest BCUT2D eigenvalue weighted by Gasteiger charge is 2.38. The van der Waals surface area contributed by atoms with E-state index in [1.165, 1.54) is 76.0 Å². The summed E-state index contributed by atoms with van der Waals surface area (Å²) < 4.78 is 2.45. The van der Waals surface area contributed by atoms with Crippen molar-refractivity contribution in [2.45, 2.75) is 0 Å². The number of nitrogens with zero attached hydrogens (tertiary/aromatic N) is 1. The Labute approximate surface area is 386 Å². The van der Waals surface area contributed by atoms with Gasteiger partial charge in [0.1, 0.15) is 0 Å². The minimum absolute atomic E-state index is 1.06. The summed E-state index contributed by atoms with van der Waals surface area (Å²) >= 11 is 0. The summed E-state index contributed by atoms with van der Waals surface area (Å²) in [4.78, 5) is 0. The van der Waals surface area contributed by atoms with Crippen molar-refractivity contribution in [3.05, 3.63) is 266 Å². The quantitative estimate of drug-likeness (QED) is 0.0651. The van der Waals surface area contributed by atoms with Crippen LogP contribution in [0.3, 0.4) is 0 Å². The predicted molar refractivity (Wildman–Crippen MR) is 283 cm³/mol. The summed E-state index contributed by atoms with van der Waals surface area (Å²) in [7, 11) is -2.85. The molecule has 66 heavy (non-hydrogen) atoms. The third kappa shape index (κ3) is 6.65. The lowest BCUT2D eigenvalue weighted by Crippen LogP contribution is -2.66. The van der Waals surface area contributed by atoms with E-state index in [4.69, 9.17) is 0 Å². The monoisotopic (exact) mass is 853 g/mol. The lowest BCUT2D eigenvalue weighted by Gasteiger charge is -2.28. The van der Waals surface area contributed by atoms with Crippen molar-refractivity contribution >= 4 is 67.0 Å². The molecule has 0 aliphatic carbocycles. The second-order valence-corrected chi connectivity index (χ2v) is 20.5. The maximum Gasteiger partial charge on any atom is 0.230 e. The van der Waals surface area contributed by atoms with Gasteiger partial charge in [-0.3, -0.25) is 0 Å². The molecule has 0 spiro atoms. The van der Waals surface area contributed by atoms with Crippen molar-refractivity contribution in [3.63, 3.8) is 0 Å². The number of hydrogen-bond donors (Lipinski definition) is 0. The van der Waals surface area contributed by atoms with Gasteiger partial charge in [0.05, 0.1) is 11.0 Å². The molecule has 0 fully saturated rings. The van der Waals surface area contributed by atoms with Crippen molar-refractivity contribution in [2.75, 3.05) is 0 Å². The lowest BCUT2D eigenvalue weighted by atomic mass is 9.88. The summed E-state index contributed by atoms with van der Waals surface area (Å²) in [5.74, 6) is 3.96. The molecule has 0 atom stereocenters. The summed E-state index contributed by atoms with van der Waals surface area (Å²) in [6, 6.07) is 95.0. The first-order valence-corrected chi connectivity index (χ1v) is 24.7. The minimum atomic E-state index is -2.85. The Balaban J connectivity index is 1.07. The molecule has 1 nitrogen and oxygen atoms in total. The van der Waals surface area contributed by atoms with Gasteiger partial charge in [0.25, 0.3) is 0 Å². The molecular formula is C64H43NSi. The SMILES string of the molecule is C(#C[Si](c1ccccc1)(c1ccccc1)c1ccccc1)c1c2ccccc2c(-c2cccc(-n3c4ccc(-c5ccccc5)cc4c4cc(-c5ccccc5)ccc43)c2)c2ccccc12. The highest BCUT2D eigenvalue weighted by Crippen LogP contribution is 2.42. The largest absolute Gasteiger partial charge is 0.309 e. The zero-order valence-electron chi connectivity index (χ0n) is 36.3. The Kier molecular flexibility index (Phi) is 9.83. The van der Waals surface area contributed by atoms with Gasteiger partial charge in [-0.05, 0) is 107 Å². The molecule has 0 aliphatic rings. The topological polar surface area (TPSA) is 4.93 Å². The molecule has 308 valence electrons. The first-order chi connectivity index (χ1) is 32.7. The van der Waals surface area contributed by atoms with Crippen molar-refractivity contribution < 1.29 is 0 Å². The second kappa shape index (κ2) is 16.6.